The number of aromatic nitrogens is 1. The zero-order chi connectivity index (χ0) is 15.2. The van der Waals surface area contributed by atoms with Crippen LogP contribution in [0.3, 0.4) is 0 Å². The van der Waals surface area contributed by atoms with Crippen LogP contribution in [-0.4, -0.2) is 15.8 Å². The Morgan fingerprint density at radius 1 is 1.24 bits per heavy atom. The third-order valence-corrected chi connectivity index (χ3v) is 2.73. The number of amides is 1. The normalized spacial score (nSPS) is 10.5. The number of carbonyl (C=O) groups excluding carboxylic acids is 1. The van der Waals surface area contributed by atoms with Gasteiger partial charge in [0.2, 0.25) is 5.91 Å². The van der Waals surface area contributed by atoms with E-state index in [2.05, 4.69) is 10.3 Å². The van der Waals surface area contributed by atoms with Crippen molar-refractivity contribution in [3.8, 4) is 0 Å². The lowest BCUT2D eigenvalue weighted by molar-refractivity contribution is -0.384. The number of hydrogen-bond donors (Lipinski definition) is 1. The maximum absolute atomic E-state index is 11.7. The smallest absolute Gasteiger partial charge is 0.269 e. The van der Waals surface area contributed by atoms with Crippen molar-refractivity contribution < 1.29 is 9.72 Å². The van der Waals surface area contributed by atoms with E-state index in [1.54, 1.807) is 30.3 Å². The lowest BCUT2D eigenvalue weighted by Crippen LogP contribution is -2.08. The molecule has 0 saturated carbocycles. The van der Waals surface area contributed by atoms with Crippen LogP contribution in [0.25, 0.3) is 6.08 Å². The summed E-state index contributed by atoms with van der Waals surface area (Å²) in [6.07, 6.45) is 4.30. The molecular formula is C14H10ClN3O3. The Kier molecular flexibility index (Phi) is 4.63. The molecule has 106 valence electrons. The number of halogens is 1. The first-order chi connectivity index (χ1) is 10.0. The second-order valence-electron chi connectivity index (χ2n) is 4.03. The van der Waals surface area contributed by atoms with Gasteiger partial charge in [-0.1, -0.05) is 11.6 Å². The lowest BCUT2D eigenvalue weighted by Gasteiger charge is -2.00. The minimum absolute atomic E-state index is 0.00182. The first-order valence-electron chi connectivity index (χ1n) is 5.90. The van der Waals surface area contributed by atoms with Gasteiger partial charge in [0, 0.05) is 24.4 Å². The van der Waals surface area contributed by atoms with Crippen molar-refractivity contribution in [3.63, 3.8) is 0 Å². The molecular weight excluding hydrogens is 294 g/mol. The fraction of sp³-hybridized carbons (Fsp3) is 0. The molecule has 1 heterocycles. The van der Waals surface area contributed by atoms with E-state index >= 15 is 0 Å². The molecule has 21 heavy (non-hydrogen) atoms. The molecule has 0 spiro atoms. The first-order valence-corrected chi connectivity index (χ1v) is 6.27. The molecule has 2 aromatic rings. The number of carbonyl (C=O) groups is 1. The monoisotopic (exact) mass is 303 g/mol. The van der Waals surface area contributed by atoms with Crippen LogP contribution in [0.1, 0.15) is 5.56 Å². The summed E-state index contributed by atoms with van der Waals surface area (Å²) in [4.78, 5) is 25.6. The van der Waals surface area contributed by atoms with E-state index in [4.69, 9.17) is 11.6 Å². The van der Waals surface area contributed by atoms with E-state index < -0.39 is 4.92 Å². The summed E-state index contributed by atoms with van der Waals surface area (Å²) >= 11 is 5.69. The number of rotatable bonds is 4. The van der Waals surface area contributed by atoms with Gasteiger partial charge in [-0.3, -0.25) is 14.9 Å². The van der Waals surface area contributed by atoms with Crippen molar-refractivity contribution in [2.45, 2.75) is 0 Å². The molecule has 1 amide bonds. The Morgan fingerprint density at radius 3 is 2.52 bits per heavy atom. The van der Waals surface area contributed by atoms with Crippen LogP contribution >= 0.6 is 11.6 Å². The second kappa shape index (κ2) is 6.62. The number of nitrogens with one attached hydrogen (secondary N) is 1. The Balaban J connectivity index is 1.98. The van der Waals surface area contributed by atoms with Crippen LogP contribution in [0.15, 0.2) is 48.7 Å². The first kappa shape index (κ1) is 14.7. The van der Waals surface area contributed by atoms with Gasteiger partial charge in [-0.15, -0.1) is 0 Å². The van der Waals surface area contributed by atoms with Crippen LogP contribution in [0.4, 0.5) is 11.5 Å². The summed E-state index contributed by atoms with van der Waals surface area (Å²) in [7, 11) is 0. The van der Waals surface area contributed by atoms with Crippen LogP contribution in [0.5, 0.6) is 0 Å². The highest BCUT2D eigenvalue weighted by molar-refractivity contribution is 6.30. The maximum Gasteiger partial charge on any atom is 0.269 e. The topological polar surface area (TPSA) is 85.1 Å². The number of nitro benzene ring substituents is 1. The minimum Gasteiger partial charge on any atom is -0.307 e. The van der Waals surface area contributed by atoms with Crippen molar-refractivity contribution in [2.24, 2.45) is 0 Å². The zero-order valence-electron chi connectivity index (χ0n) is 10.7. The average Bonchev–Trinajstić information content (AvgIpc) is 2.48. The van der Waals surface area contributed by atoms with Crippen molar-refractivity contribution in [2.75, 3.05) is 5.32 Å². The van der Waals surface area contributed by atoms with Gasteiger partial charge in [0.15, 0.2) is 0 Å². The SMILES string of the molecule is O=C(C=Cc1ccc([N+](=O)[O-])cc1)Nc1ccc(Cl)cn1. The van der Waals surface area contributed by atoms with Gasteiger partial charge >= 0.3 is 0 Å². The van der Waals surface area contributed by atoms with Crippen LogP contribution in [-0.2, 0) is 4.79 Å². The van der Waals surface area contributed by atoms with Gasteiger partial charge in [0.25, 0.3) is 5.69 Å². The van der Waals surface area contributed by atoms with Gasteiger partial charge in [-0.2, -0.15) is 0 Å². The van der Waals surface area contributed by atoms with E-state index in [0.29, 0.717) is 16.4 Å². The quantitative estimate of drug-likeness (QED) is 0.533. The molecule has 0 unspecified atom stereocenters. The molecule has 2 rings (SSSR count). The molecule has 6 nitrogen and oxygen atoms in total. The van der Waals surface area contributed by atoms with Gasteiger partial charge in [0.05, 0.1) is 9.95 Å². The second-order valence-corrected chi connectivity index (χ2v) is 4.47. The number of nitro groups is 1. The number of non-ortho nitro benzene ring substituents is 1. The number of hydrogen-bond acceptors (Lipinski definition) is 4. The van der Waals surface area contributed by atoms with Gasteiger partial charge in [-0.25, -0.2) is 4.98 Å². The van der Waals surface area contributed by atoms with Crippen molar-refractivity contribution >= 4 is 35.1 Å². The molecule has 1 aromatic heterocycles. The summed E-state index contributed by atoms with van der Waals surface area (Å²) in [5.41, 5.74) is 0.682. The maximum atomic E-state index is 11.7. The summed E-state index contributed by atoms with van der Waals surface area (Å²) in [6.45, 7) is 0. The zero-order valence-corrected chi connectivity index (χ0v) is 11.4. The predicted octanol–water partition coefficient (Wildman–Crippen LogP) is 3.30. The van der Waals surface area contributed by atoms with Gasteiger partial charge in [0.1, 0.15) is 5.82 Å². The van der Waals surface area contributed by atoms with E-state index in [-0.39, 0.29) is 11.6 Å². The van der Waals surface area contributed by atoms with E-state index in [1.165, 1.54) is 24.4 Å². The average molecular weight is 304 g/mol. The highest BCUT2D eigenvalue weighted by atomic mass is 35.5. The molecule has 0 saturated heterocycles. The molecule has 7 heteroatoms. The summed E-state index contributed by atoms with van der Waals surface area (Å²) in [5.74, 6) is 0.0286. The molecule has 0 aliphatic rings. The third-order valence-electron chi connectivity index (χ3n) is 2.51. The van der Waals surface area contributed by atoms with Gasteiger partial charge < -0.3 is 5.32 Å². The summed E-state index contributed by atoms with van der Waals surface area (Å²) < 4.78 is 0. The predicted molar refractivity (Wildman–Crippen MR) is 80.0 cm³/mol. The molecule has 0 fully saturated rings. The van der Waals surface area contributed by atoms with Crippen LogP contribution in [0, 0.1) is 10.1 Å². The summed E-state index contributed by atoms with van der Waals surface area (Å²) in [5, 5.41) is 13.6. The van der Waals surface area contributed by atoms with E-state index in [0.717, 1.165) is 0 Å². The number of anilines is 1. The molecule has 0 aliphatic carbocycles. The van der Waals surface area contributed by atoms with Gasteiger partial charge in [-0.05, 0) is 35.9 Å². The van der Waals surface area contributed by atoms with E-state index in [9.17, 15) is 14.9 Å². The molecule has 0 radical (unpaired) electrons. The Bertz CT molecular complexity index is 682. The number of pyridine rings is 1. The van der Waals surface area contributed by atoms with Crippen molar-refractivity contribution in [1.29, 1.82) is 0 Å². The standard InChI is InChI=1S/C14H10ClN3O3/c15-11-4-7-13(16-9-11)17-14(19)8-3-10-1-5-12(6-2-10)18(20)21/h1-9H,(H,16,17,19). The van der Waals surface area contributed by atoms with Crippen LogP contribution < -0.4 is 5.32 Å². The van der Waals surface area contributed by atoms with Crippen molar-refractivity contribution in [1.82, 2.24) is 4.98 Å². The fourth-order valence-electron chi connectivity index (χ4n) is 1.50. The molecule has 1 N–H and O–H groups in total. The highest BCUT2D eigenvalue weighted by Gasteiger charge is 2.03. The molecule has 1 aromatic carbocycles. The molecule has 0 aliphatic heterocycles. The third kappa shape index (κ3) is 4.39. The molecule has 0 atom stereocenters. The Morgan fingerprint density at radius 2 is 1.95 bits per heavy atom. The Labute approximate surface area is 125 Å². The summed E-state index contributed by atoms with van der Waals surface area (Å²) in [6, 6.07) is 9.06. The van der Waals surface area contributed by atoms with Crippen LogP contribution in [0.2, 0.25) is 5.02 Å². The van der Waals surface area contributed by atoms with Crippen molar-refractivity contribution in [3.05, 3.63) is 69.4 Å². The number of nitrogens with zero attached hydrogens (tertiary/aromatic N) is 2. The molecule has 0 bridgehead atoms. The van der Waals surface area contributed by atoms with E-state index in [1.807, 2.05) is 0 Å². The highest BCUT2D eigenvalue weighted by Crippen LogP contribution is 2.13. The largest absolute Gasteiger partial charge is 0.307 e. The minimum atomic E-state index is -0.480. The number of benzene rings is 1. The Hall–Kier alpha value is -2.73. The lowest BCUT2D eigenvalue weighted by atomic mass is 10.2. The fourth-order valence-corrected chi connectivity index (χ4v) is 1.61.